The van der Waals surface area contributed by atoms with E-state index < -0.39 is 10.0 Å². The Labute approximate surface area is 177 Å². The highest BCUT2D eigenvalue weighted by Gasteiger charge is 2.27. The van der Waals surface area contributed by atoms with Gasteiger partial charge in [0.2, 0.25) is 10.0 Å². The third-order valence-electron chi connectivity index (χ3n) is 5.25. The van der Waals surface area contributed by atoms with Crippen molar-refractivity contribution in [1.29, 1.82) is 0 Å². The molecule has 0 N–H and O–H groups in total. The van der Waals surface area contributed by atoms with Crippen LogP contribution in [-0.2, 0) is 15.8 Å². The van der Waals surface area contributed by atoms with Gasteiger partial charge in [-0.25, -0.2) is 13.1 Å². The predicted octanol–water partition coefficient (Wildman–Crippen LogP) is 2.24. The lowest BCUT2D eigenvalue weighted by atomic mass is 10.2. The first-order chi connectivity index (χ1) is 14.3. The molecule has 0 atom stereocenters. The molecule has 1 aromatic carbocycles. The molecule has 9 heteroatoms. The number of hydrogen-bond acceptors (Lipinski definition) is 6. The van der Waals surface area contributed by atoms with E-state index in [0.717, 1.165) is 28.3 Å². The molecule has 3 heterocycles. The number of nitrogens with zero attached hydrogens (tertiary/aromatic N) is 6. The molecule has 8 nitrogen and oxygen atoms in total. The fourth-order valence-electron chi connectivity index (χ4n) is 3.76. The van der Waals surface area contributed by atoms with Crippen LogP contribution < -0.4 is 4.90 Å². The van der Waals surface area contributed by atoms with E-state index in [1.165, 1.54) is 0 Å². The molecule has 0 spiro atoms. The van der Waals surface area contributed by atoms with Crippen LogP contribution in [0.4, 0.5) is 5.82 Å². The topological polar surface area (TPSA) is 84.2 Å². The van der Waals surface area contributed by atoms with Crippen molar-refractivity contribution in [3.8, 4) is 5.82 Å². The van der Waals surface area contributed by atoms with Crippen molar-refractivity contribution in [3.05, 3.63) is 65.0 Å². The Morgan fingerprint density at radius 1 is 0.900 bits per heavy atom. The Kier molecular flexibility index (Phi) is 5.57. The second-order valence-corrected chi connectivity index (χ2v) is 9.69. The summed E-state index contributed by atoms with van der Waals surface area (Å²) in [5.41, 5.74) is 3.82. The van der Waals surface area contributed by atoms with Gasteiger partial charge in [-0.2, -0.15) is 9.40 Å². The van der Waals surface area contributed by atoms with Crippen molar-refractivity contribution in [2.45, 2.75) is 26.5 Å². The first kappa shape index (κ1) is 20.5. The van der Waals surface area contributed by atoms with Crippen molar-refractivity contribution >= 4 is 15.8 Å². The zero-order valence-electron chi connectivity index (χ0n) is 17.5. The first-order valence-electron chi connectivity index (χ1n) is 9.97. The number of aryl methyl sites for hydroxylation is 3. The van der Waals surface area contributed by atoms with Crippen molar-refractivity contribution < 1.29 is 8.42 Å². The summed E-state index contributed by atoms with van der Waals surface area (Å²) in [6.07, 6.45) is 0. The maximum absolute atomic E-state index is 12.8. The summed E-state index contributed by atoms with van der Waals surface area (Å²) in [5, 5.41) is 13.1. The van der Waals surface area contributed by atoms with Gasteiger partial charge in [-0.3, -0.25) is 0 Å². The number of hydrogen-bond donors (Lipinski definition) is 0. The van der Waals surface area contributed by atoms with Crippen LogP contribution in [0, 0.1) is 20.8 Å². The van der Waals surface area contributed by atoms with E-state index in [-0.39, 0.29) is 5.75 Å². The Balaban J connectivity index is 1.40. The summed E-state index contributed by atoms with van der Waals surface area (Å²) in [4.78, 5) is 2.07. The molecular formula is C21H26N6O2S. The average Bonchev–Trinajstić information content (AvgIpc) is 3.06. The quantitative estimate of drug-likeness (QED) is 0.622. The van der Waals surface area contributed by atoms with Gasteiger partial charge >= 0.3 is 0 Å². The minimum absolute atomic E-state index is 0.0336. The highest BCUT2D eigenvalue weighted by atomic mass is 32.2. The maximum Gasteiger partial charge on any atom is 0.218 e. The molecule has 1 saturated heterocycles. The molecule has 0 unspecified atom stereocenters. The Hall–Kier alpha value is -2.78. The van der Waals surface area contributed by atoms with Gasteiger partial charge in [0.25, 0.3) is 0 Å². The molecule has 0 aliphatic carbocycles. The molecule has 0 bridgehead atoms. The molecule has 158 valence electrons. The van der Waals surface area contributed by atoms with Crippen LogP contribution in [-0.4, -0.2) is 58.9 Å². The van der Waals surface area contributed by atoms with Gasteiger partial charge in [-0.1, -0.05) is 29.8 Å². The van der Waals surface area contributed by atoms with Crippen LogP contribution in [0.1, 0.15) is 22.5 Å². The fraction of sp³-hybridized carbons (Fsp3) is 0.381. The SMILES string of the molecule is Cc1cccc(CS(=O)(=O)N2CCN(c3ccc(-n4nc(C)cc4C)nn3)CC2)c1. The zero-order valence-corrected chi connectivity index (χ0v) is 18.3. The summed E-state index contributed by atoms with van der Waals surface area (Å²) in [5.74, 6) is 1.45. The van der Waals surface area contributed by atoms with Crippen LogP contribution >= 0.6 is 0 Å². The normalized spacial score (nSPS) is 15.5. The number of aromatic nitrogens is 4. The monoisotopic (exact) mass is 426 g/mol. The Morgan fingerprint density at radius 2 is 1.60 bits per heavy atom. The smallest absolute Gasteiger partial charge is 0.218 e. The molecule has 3 aromatic rings. The molecule has 0 radical (unpaired) electrons. The van der Waals surface area contributed by atoms with Crippen LogP contribution in [0.3, 0.4) is 0 Å². The summed E-state index contributed by atoms with van der Waals surface area (Å²) >= 11 is 0. The molecule has 1 aliphatic rings. The molecule has 2 aromatic heterocycles. The Bertz CT molecular complexity index is 1130. The summed E-state index contributed by atoms with van der Waals surface area (Å²) < 4.78 is 29.0. The maximum atomic E-state index is 12.8. The van der Waals surface area contributed by atoms with E-state index in [1.807, 2.05) is 63.2 Å². The van der Waals surface area contributed by atoms with Crippen LogP contribution in [0.2, 0.25) is 0 Å². The van der Waals surface area contributed by atoms with E-state index in [1.54, 1.807) is 8.99 Å². The summed E-state index contributed by atoms with van der Waals surface area (Å²) in [6, 6.07) is 13.4. The van der Waals surface area contributed by atoms with E-state index in [2.05, 4.69) is 20.2 Å². The van der Waals surface area contributed by atoms with Gasteiger partial charge < -0.3 is 4.90 Å². The van der Waals surface area contributed by atoms with Crippen LogP contribution in [0.25, 0.3) is 5.82 Å². The van der Waals surface area contributed by atoms with Gasteiger partial charge in [0.05, 0.1) is 11.4 Å². The van der Waals surface area contributed by atoms with E-state index in [9.17, 15) is 8.42 Å². The molecule has 1 fully saturated rings. The number of piperazine rings is 1. The van der Waals surface area contributed by atoms with Gasteiger partial charge in [0, 0.05) is 31.9 Å². The minimum atomic E-state index is -3.34. The first-order valence-corrected chi connectivity index (χ1v) is 11.6. The molecule has 0 amide bonds. The van der Waals surface area contributed by atoms with Gasteiger partial charge in [-0.05, 0) is 44.5 Å². The Morgan fingerprint density at radius 3 is 2.20 bits per heavy atom. The number of sulfonamides is 1. The van der Waals surface area contributed by atoms with E-state index in [0.29, 0.717) is 32.0 Å². The van der Waals surface area contributed by atoms with Crippen molar-refractivity contribution in [2.75, 3.05) is 31.1 Å². The minimum Gasteiger partial charge on any atom is -0.352 e. The van der Waals surface area contributed by atoms with Crippen molar-refractivity contribution in [1.82, 2.24) is 24.3 Å². The van der Waals surface area contributed by atoms with Gasteiger partial charge in [-0.15, -0.1) is 10.2 Å². The van der Waals surface area contributed by atoms with Crippen molar-refractivity contribution in [3.63, 3.8) is 0 Å². The van der Waals surface area contributed by atoms with Crippen LogP contribution in [0.15, 0.2) is 42.5 Å². The lowest BCUT2D eigenvalue weighted by molar-refractivity contribution is 0.383. The molecule has 1 aliphatic heterocycles. The standard InChI is InChI=1S/C21H26N6O2S/c1-16-5-4-6-19(13-16)15-30(28,29)26-11-9-25(10-12-26)20-7-8-21(23-22-20)27-18(3)14-17(2)24-27/h4-8,13-14H,9-12,15H2,1-3H3. The van der Waals surface area contributed by atoms with Gasteiger partial charge in [0.15, 0.2) is 11.6 Å². The van der Waals surface area contributed by atoms with Gasteiger partial charge in [0.1, 0.15) is 0 Å². The molecule has 30 heavy (non-hydrogen) atoms. The van der Waals surface area contributed by atoms with Crippen LogP contribution in [0.5, 0.6) is 0 Å². The number of rotatable bonds is 5. The molecule has 4 rings (SSSR count). The predicted molar refractivity (Wildman–Crippen MR) is 116 cm³/mol. The second-order valence-electron chi connectivity index (χ2n) is 7.72. The third kappa shape index (κ3) is 4.36. The average molecular weight is 427 g/mol. The second kappa shape index (κ2) is 8.16. The number of anilines is 1. The summed E-state index contributed by atoms with van der Waals surface area (Å²) in [7, 11) is -3.34. The van der Waals surface area contributed by atoms with E-state index >= 15 is 0 Å². The van der Waals surface area contributed by atoms with Crippen molar-refractivity contribution in [2.24, 2.45) is 0 Å². The number of benzene rings is 1. The third-order valence-corrected chi connectivity index (χ3v) is 7.10. The largest absolute Gasteiger partial charge is 0.352 e. The molecule has 0 saturated carbocycles. The lowest BCUT2D eigenvalue weighted by Crippen LogP contribution is -2.49. The molecular weight excluding hydrogens is 400 g/mol. The highest BCUT2D eigenvalue weighted by Crippen LogP contribution is 2.19. The summed E-state index contributed by atoms with van der Waals surface area (Å²) in [6.45, 7) is 7.94. The van der Waals surface area contributed by atoms with E-state index in [4.69, 9.17) is 0 Å². The fourth-order valence-corrected chi connectivity index (χ4v) is 5.26. The highest BCUT2D eigenvalue weighted by molar-refractivity contribution is 7.88. The lowest BCUT2D eigenvalue weighted by Gasteiger charge is -2.34. The zero-order chi connectivity index (χ0) is 21.3.